The number of thioether (sulfide) groups is 1. The highest BCUT2D eigenvalue weighted by Gasteiger charge is 2.16. The average Bonchev–Trinajstić information content (AvgIpc) is 2.68. The number of hydrogen-bond acceptors (Lipinski definition) is 4. The summed E-state index contributed by atoms with van der Waals surface area (Å²) in [7, 11) is 0. The molecule has 1 unspecified atom stereocenters. The van der Waals surface area contributed by atoms with Crippen LogP contribution in [0.5, 0.6) is 0 Å². The van der Waals surface area contributed by atoms with Gasteiger partial charge in [-0.15, -0.1) is 23.1 Å². The molecule has 0 amide bonds. The van der Waals surface area contributed by atoms with Crippen LogP contribution in [0, 0.1) is 0 Å². The van der Waals surface area contributed by atoms with Crippen molar-refractivity contribution in [2.75, 3.05) is 13.2 Å². The zero-order valence-corrected chi connectivity index (χ0v) is 9.77. The summed E-state index contributed by atoms with van der Waals surface area (Å²) in [6, 6.07) is 1.74. The number of thiophene rings is 1. The molecule has 1 aromatic rings. The van der Waals surface area contributed by atoms with E-state index in [9.17, 15) is 4.79 Å². The second-order valence-electron chi connectivity index (χ2n) is 3.41. The van der Waals surface area contributed by atoms with E-state index in [0.29, 0.717) is 10.1 Å². The molecule has 2 heterocycles. The fourth-order valence-electron chi connectivity index (χ4n) is 1.49. The van der Waals surface area contributed by atoms with Crippen LogP contribution in [0.4, 0.5) is 0 Å². The summed E-state index contributed by atoms with van der Waals surface area (Å²) in [6.45, 7) is 1.64. The van der Waals surface area contributed by atoms with Crippen molar-refractivity contribution in [3.63, 3.8) is 0 Å². The van der Waals surface area contributed by atoms with Gasteiger partial charge < -0.3 is 9.84 Å². The van der Waals surface area contributed by atoms with Crippen molar-refractivity contribution in [3.8, 4) is 0 Å². The normalized spacial score (nSPS) is 21.5. The molecule has 0 aromatic carbocycles. The first-order valence-corrected chi connectivity index (χ1v) is 6.58. The molecule has 1 atom stereocenters. The predicted molar refractivity (Wildman–Crippen MR) is 61.0 cm³/mol. The molecule has 1 fully saturated rings. The van der Waals surface area contributed by atoms with E-state index in [-0.39, 0.29) is 0 Å². The average molecular weight is 244 g/mol. The summed E-state index contributed by atoms with van der Waals surface area (Å²) in [4.78, 5) is 12.1. The lowest BCUT2D eigenvalue weighted by atomic mass is 10.2. The summed E-state index contributed by atoms with van der Waals surface area (Å²) < 4.78 is 5.37. The molecule has 2 rings (SSSR count). The number of carboxylic acid groups (broad SMARTS) is 1. The van der Waals surface area contributed by atoms with Gasteiger partial charge in [0.25, 0.3) is 0 Å². The van der Waals surface area contributed by atoms with Crippen molar-refractivity contribution < 1.29 is 14.6 Å². The summed E-state index contributed by atoms with van der Waals surface area (Å²) in [5.41, 5.74) is 0. The molecule has 82 valence electrons. The summed E-state index contributed by atoms with van der Waals surface area (Å²) in [5, 5.41) is 11.2. The molecule has 1 aliphatic rings. The van der Waals surface area contributed by atoms with Gasteiger partial charge in [0, 0.05) is 22.1 Å². The number of carboxylic acids is 1. The topological polar surface area (TPSA) is 46.5 Å². The lowest BCUT2D eigenvalue weighted by molar-refractivity contribution is 0.0702. The Morgan fingerprint density at radius 3 is 3.13 bits per heavy atom. The molecule has 5 heteroatoms. The monoisotopic (exact) mass is 244 g/mol. The van der Waals surface area contributed by atoms with Crippen LogP contribution in [0.1, 0.15) is 22.5 Å². The molecular weight excluding hydrogens is 232 g/mol. The first-order chi connectivity index (χ1) is 7.25. The molecule has 1 saturated heterocycles. The fourth-order valence-corrected chi connectivity index (χ4v) is 3.56. The maximum atomic E-state index is 10.7. The van der Waals surface area contributed by atoms with Gasteiger partial charge in [-0.25, -0.2) is 4.79 Å². The quantitative estimate of drug-likeness (QED) is 0.888. The van der Waals surface area contributed by atoms with Crippen molar-refractivity contribution in [3.05, 3.63) is 16.3 Å². The Balaban J connectivity index is 1.94. The highest BCUT2D eigenvalue weighted by atomic mass is 32.2. The van der Waals surface area contributed by atoms with Gasteiger partial charge in [-0.1, -0.05) is 0 Å². The van der Waals surface area contributed by atoms with E-state index in [1.807, 2.05) is 5.38 Å². The highest BCUT2D eigenvalue weighted by molar-refractivity contribution is 8.00. The van der Waals surface area contributed by atoms with Crippen molar-refractivity contribution in [1.82, 2.24) is 0 Å². The minimum atomic E-state index is -0.841. The lowest BCUT2D eigenvalue weighted by Gasteiger charge is -2.20. The third-order valence-corrected chi connectivity index (χ3v) is 4.49. The van der Waals surface area contributed by atoms with Gasteiger partial charge in [-0.2, -0.15) is 0 Å². The van der Waals surface area contributed by atoms with Crippen LogP contribution in [-0.2, 0) is 4.74 Å². The van der Waals surface area contributed by atoms with Crippen LogP contribution in [0.2, 0.25) is 0 Å². The maximum Gasteiger partial charge on any atom is 0.345 e. The molecule has 3 nitrogen and oxygen atoms in total. The van der Waals surface area contributed by atoms with Crippen LogP contribution in [-0.4, -0.2) is 29.5 Å². The summed E-state index contributed by atoms with van der Waals surface area (Å²) in [6.07, 6.45) is 2.26. The van der Waals surface area contributed by atoms with E-state index in [1.54, 1.807) is 17.8 Å². The van der Waals surface area contributed by atoms with Crippen molar-refractivity contribution >= 4 is 29.1 Å². The van der Waals surface area contributed by atoms with Gasteiger partial charge in [0.1, 0.15) is 4.88 Å². The van der Waals surface area contributed by atoms with Crippen LogP contribution >= 0.6 is 23.1 Å². The van der Waals surface area contributed by atoms with Gasteiger partial charge in [0.2, 0.25) is 0 Å². The molecule has 1 aromatic heterocycles. The Bertz CT molecular complexity index is 342. The third kappa shape index (κ3) is 2.96. The number of ether oxygens (including phenoxy) is 1. The Kier molecular flexibility index (Phi) is 3.66. The Morgan fingerprint density at radius 1 is 1.67 bits per heavy atom. The second kappa shape index (κ2) is 5.01. The molecule has 0 aliphatic carbocycles. The third-order valence-electron chi connectivity index (χ3n) is 2.21. The fraction of sp³-hybridized carbons (Fsp3) is 0.500. The highest BCUT2D eigenvalue weighted by Crippen LogP contribution is 2.31. The largest absolute Gasteiger partial charge is 0.477 e. The van der Waals surface area contributed by atoms with Gasteiger partial charge in [-0.3, -0.25) is 0 Å². The number of carbonyl (C=O) groups is 1. The molecule has 0 spiro atoms. The van der Waals surface area contributed by atoms with Crippen LogP contribution < -0.4 is 0 Å². The molecule has 1 N–H and O–H groups in total. The SMILES string of the molecule is O=C(O)c1cc(SC2CCCOC2)cs1. The molecule has 15 heavy (non-hydrogen) atoms. The van der Waals surface area contributed by atoms with Crippen molar-refractivity contribution in [2.24, 2.45) is 0 Å². The number of hydrogen-bond donors (Lipinski definition) is 1. The van der Waals surface area contributed by atoms with E-state index >= 15 is 0 Å². The van der Waals surface area contributed by atoms with Crippen LogP contribution in [0.15, 0.2) is 16.3 Å². The van der Waals surface area contributed by atoms with Crippen LogP contribution in [0.3, 0.4) is 0 Å². The molecular formula is C10H12O3S2. The van der Waals surface area contributed by atoms with Gasteiger partial charge in [0.05, 0.1) is 6.61 Å². The Labute approximate surface area is 96.4 Å². The molecule has 1 aliphatic heterocycles. The maximum absolute atomic E-state index is 10.7. The minimum Gasteiger partial charge on any atom is -0.477 e. The van der Waals surface area contributed by atoms with E-state index in [4.69, 9.17) is 9.84 Å². The number of aromatic carboxylic acids is 1. The van der Waals surface area contributed by atoms with Gasteiger partial charge in [-0.05, 0) is 18.9 Å². The summed E-state index contributed by atoms with van der Waals surface area (Å²) in [5.74, 6) is -0.841. The predicted octanol–water partition coefficient (Wildman–Crippen LogP) is 2.72. The van der Waals surface area contributed by atoms with Crippen molar-refractivity contribution in [2.45, 2.75) is 23.0 Å². The summed E-state index contributed by atoms with van der Waals surface area (Å²) >= 11 is 3.01. The molecule has 0 radical (unpaired) electrons. The van der Waals surface area contributed by atoms with Gasteiger partial charge in [0.15, 0.2) is 0 Å². The van der Waals surface area contributed by atoms with E-state index in [1.165, 1.54) is 11.3 Å². The van der Waals surface area contributed by atoms with Crippen molar-refractivity contribution in [1.29, 1.82) is 0 Å². The van der Waals surface area contributed by atoms with Crippen LogP contribution in [0.25, 0.3) is 0 Å². The first kappa shape index (κ1) is 11.0. The first-order valence-electron chi connectivity index (χ1n) is 4.82. The minimum absolute atomic E-state index is 0.411. The lowest BCUT2D eigenvalue weighted by Crippen LogP contribution is -2.18. The smallest absolute Gasteiger partial charge is 0.345 e. The van der Waals surface area contributed by atoms with Gasteiger partial charge >= 0.3 is 5.97 Å². The zero-order valence-electron chi connectivity index (χ0n) is 8.14. The standard InChI is InChI=1S/C10H12O3S2/c11-10(12)9-4-8(6-14-9)15-7-2-1-3-13-5-7/h4,6-7H,1-3,5H2,(H,11,12). The zero-order chi connectivity index (χ0) is 10.7. The van der Waals surface area contributed by atoms with E-state index in [2.05, 4.69) is 0 Å². The van der Waals surface area contributed by atoms with E-state index < -0.39 is 5.97 Å². The molecule has 0 bridgehead atoms. The number of rotatable bonds is 3. The molecule has 0 saturated carbocycles. The Hall–Kier alpha value is -0.520. The Morgan fingerprint density at radius 2 is 2.53 bits per heavy atom. The van der Waals surface area contributed by atoms with E-state index in [0.717, 1.165) is 31.0 Å². The second-order valence-corrected chi connectivity index (χ2v) is 5.69.